The molecule has 2 N–H and O–H groups in total. The van der Waals surface area contributed by atoms with Gasteiger partial charge in [0.2, 0.25) is 5.91 Å². The van der Waals surface area contributed by atoms with Crippen molar-refractivity contribution in [2.24, 2.45) is 17.3 Å². The molecule has 0 bridgehead atoms. The minimum absolute atomic E-state index is 0.0404. The van der Waals surface area contributed by atoms with Gasteiger partial charge in [-0.2, -0.15) is 0 Å². The fourth-order valence-corrected chi connectivity index (χ4v) is 4.58. The lowest BCUT2D eigenvalue weighted by atomic mass is 9.57. The Balaban J connectivity index is 2.60. The van der Waals surface area contributed by atoms with Gasteiger partial charge in [-0.3, -0.25) is 14.4 Å². The maximum Gasteiger partial charge on any atom is 0.220 e. The SMILES string of the molecule is CCCCCC(CC=CCCC(=O)NCC(=CCl)C1C(=O)C(C)(C)C(=O)C(C)C1(C)O)OC. The van der Waals surface area contributed by atoms with Gasteiger partial charge in [-0.05, 0) is 45.6 Å². The smallest absolute Gasteiger partial charge is 0.220 e. The molecule has 4 unspecified atom stereocenters. The first-order chi connectivity index (χ1) is 15.4. The number of ether oxygens (including phenoxy) is 1. The molecule has 0 saturated heterocycles. The third kappa shape index (κ3) is 7.76. The van der Waals surface area contributed by atoms with Crippen molar-refractivity contribution in [3.05, 3.63) is 23.3 Å². The lowest BCUT2D eigenvalue weighted by Crippen LogP contribution is -2.61. The Bertz CT molecular complexity index is 741. The van der Waals surface area contributed by atoms with E-state index in [-0.39, 0.29) is 30.1 Å². The average Bonchev–Trinajstić information content (AvgIpc) is 2.77. The molecule has 1 rings (SSSR count). The maximum absolute atomic E-state index is 13.1. The highest BCUT2D eigenvalue weighted by molar-refractivity contribution is 6.26. The minimum atomic E-state index is -1.58. The van der Waals surface area contributed by atoms with Gasteiger partial charge in [0.25, 0.3) is 0 Å². The van der Waals surface area contributed by atoms with Crippen LogP contribution in [0.3, 0.4) is 0 Å². The van der Waals surface area contributed by atoms with Crippen LogP contribution < -0.4 is 5.32 Å². The van der Waals surface area contributed by atoms with Crippen LogP contribution in [0.5, 0.6) is 0 Å². The third-order valence-electron chi connectivity index (χ3n) is 6.92. The van der Waals surface area contributed by atoms with Crippen molar-refractivity contribution in [1.29, 1.82) is 0 Å². The second-order valence-electron chi connectivity index (χ2n) is 9.79. The first kappa shape index (κ1) is 29.5. The molecule has 0 heterocycles. The molecule has 0 aliphatic heterocycles. The van der Waals surface area contributed by atoms with E-state index in [1.807, 2.05) is 6.08 Å². The van der Waals surface area contributed by atoms with Gasteiger partial charge in [-0.15, -0.1) is 0 Å². The molecular formula is C26H42ClNO5. The fraction of sp³-hybridized carbons (Fsp3) is 0.731. The van der Waals surface area contributed by atoms with Gasteiger partial charge in [-0.1, -0.05) is 56.9 Å². The topological polar surface area (TPSA) is 92.7 Å². The van der Waals surface area contributed by atoms with E-state index in [1.165, 1.54) is 25.3 Å². The zero-order chi connectivity index (χ0) is 25.2. The Labute approximate surface area is 204 Å². The summed E-state index contributed by atoms with van der Waals surface area (Å²) in [6.45, 7) is 8.47. The van der Waals surface area contributed by atoms with Gasteiger partial charge < -0.3 is 15.2 Å². The van der Waals surface area contributed by atoms with E-state index in [1.54, 1.807) is 27.9 Å². The van der Waals surface area contributed by atoms with E-state index in [2.05, 4.69) is 18.3 Å². The van der Waals surface area contributed by atoms with E-state index in [0.29, 0.717) is 18.4 Å². The van der Waals surface area contributed by atoms with E-state index in [9.17, 15) is 19.5 Å². The number of hydrogen-bond donors (Lipinski definition) is 2. The zero-order valence-electron chi connectivity index (χ0n) is 21.1. The largest absolute Gasteiger partial charge is 0.388 e. The van der Waals surface area contributed by atoms with E-state index < -0.39 is 22.9 Å². The number of rotatable bonds is 13. The number of nitrogens with one attached hydrogen (secondary N) is 1. The second kappa shape index (κ2) is 13.4. The average molecular weight is 484 g/mol. The molecule has 33 heavy (non-hydrogen) atoms. The third-order valence-corrected chi connectivity index (χ3v) is 7.20. The molecule has 0 aromatic carbocycles. The summed E-state index contributed by atoms with van der Waals surface area (Å²) in [7, 11) is 1.73. The Morgan fingerprint density at radius 2 is 1.88 bits per heavy atom. The molecule has 0 aromatic rings. The van der Waals surface area contributed by atoms with Gasteiger partial charge in [0, 0.05) is 31.5 Å². The van der Waals surface area contributed by atoms with Crippen molar-refractivity contribution in [2.75, 3.05) is 13.7 Å². The number of allylic oxidation sites excluding steroid dienone is 1. The van der Waals surface area contributed by atoms with Crippen LogP contribution in [0.25, 0.3) is 0 Å². The molecule has 0 spiro atoms. The molecule has 4 atom stereocenters. The molecule has 1 fully saturated rings. The molecule has 0 radical (unpaired) electrons. The van der Waals surface area contributed by atoms with Crippen molar-refractivity contribution in [3.8, 4) is 0 Å². The van der Waals surface area contributed by atoms with Gasteiger partial charge in [0.15, 0.2) is 11.6 Å². The second-order valence-corrected chi connectivity index (χ2v) is 10.0. The van der Waals surface area contributed by atoms with Crippen LogP contribution in [0.2, 0.25) is 0 Å². The normalized spacial score (nSPS) is 26.6. The molecule has 6 nitrogen and oxygen atoms in total. The predicted molar refractivity (Wildman–Crippen MR) is 132 cm³/mol. The van der Waals surface area contributed by atoms with E-state index in [0.717, 1.165) is 19.3 Å². The highest BCUT2D eigenvalue weighted by atomic mass is 35.5. The number of halogens is 1. The minimum Gasteiger partial charge on any atom is -0.388 e. The van der Waals surface area contributed by atoms with Gasteiger partial charge in [-0.25, -0.2) is 0 Å². The van der Waals surface area contributed by atoms with Gasteiger partial charge >= 0.3 is 0 Å². The summed E-state index contributed by atoms with van der Waals surface area (Å²) in [5.41, 5.74) is -1.16. The van der Waals surface area contributed by atoms with E-state index >= 15 is 0 Å². The summed E-state index contributed by atoms with van der Waals surface area (Å²) >= 11 is 6.00. The summed E-state index contributed by atoms with van der Waals surface area (Å²) in [4.78, 5) is 38.0. The number of methoxy groups -OCH3 is 1. The first-order valence-electron chi connectivity index (χ1n) is 12.0. The van der Waals surface area contributed by atoms with Crippen LogP contribution in [-0.4, -0.2) is 47.9 Å². The van der Waals surface area contributed by atoms with Crippen LogP contribution in [0.4, 0.5) is 0 Å². The summed E-state index contributed by atoms with van der Waals surface area (Å²) in [5.74, 6) is -2.55. The maximum atomic E-state index is 13.1. The number of hydrogen-bond acceptors (Lipinski definition) is 5. The Morgan fingerprint density at radius 3 is 2.45 bits per heavy atom. The van der Waals surface area contributed by atoms with Gasteiger partial charge in [0.05, 0.1) is 23.0 Å². The number of carbonyl (C=O) groups excluding carboxylic acids is 3. The van der Waals surface area contributed by atoms with Crippen molar-refractivity contribution >= 4 is 29.1 Å². The van der Waals surface area contributed by atoms with Gasteiger partial charge in [0.1, 0.15) is 0 Å². The van der Waals surface area contributed by atoms with Crippen LogP contribution in [0.1, 0.15) is 79.6 Å². The zero-order valence-corrected chi connectivity index (χ0v) is 21.8. The highest BCUT2D eigenvalue weighted by Gasteiger charge is 2.58. The first-order valence-corrected chi connectivity index (χ1v) is 12.4. The van der Waals surface area contributed by atoms with Crippen LogP contribution in [0.15, 0.2) is 23.3 Å². The van der Waals surface area contributed by atoms with Crippen molar-refractivity contribution in [1.82, 2.24) is 5.32 Å². The number of aliphatic hydroxyl groups is 1. The summed E-state index contributed by atoms with van der Waals surface area (Å²) < 4.78 is 5.50. The molecule has 1 saturated carbocycles. The molecule has 1 amide bonds. The summed E-state index contributed by atoms with van der Waals surface area (Å²) in [5, 5.41) is 13.8. The van der Waals surface area contributed by atoms with Crippen LogP contribution in [0, 0.1) is 17.3 Å². The molecule has 188 valence electrons. The number of carbonyl (C=O) groups is 3. The standard InChI is InChI=1S/C26H42ClNO5/c1-7-8-10-13-20(33-6)14-11-9-12-15-21(29)28-17-19(16-27)22-24(31)25(3,4)23(30)18(2)26(22,5)32/h9,11,16,18,20,22,32H,7-8,10,12-15,17H2,1-6H3,(H,28,29). The predicted octanol–water partition coefficient (Wildman–Crippen LogP) is 4.73. The Kier molecular flexibility index (Phi) is 12.0. The molecule has 1 aliphatic carbocycles. The fourth-order valence-electron chi connectivity index (χ4n) is 4.37. The van der Waals surface area contributed by atoms with Crippen LogP contribution >= 0.6 is 11.6 Å². The monoisotopic (exact) mass is 483 g/mol. The molecule has 1 aliphatic rings. The molecule has 7 heteroatoms. The molecular weight excluding hydrogens is 442 g/mol. The van der Waals surface area contributed by atoms with Crippen molar-refractivity contribution in [3.63, 3.8) is 0 Å². The quantitative estimate of drug-likeness (QED) is 0.224. The van der Waals surface area contributed by atoms with Crippen molar-refractivity contribution in [2.45, 2.75) is 91.3 Å². The van der Waals surface area contributed by atoms with Crippen LogP contribution in [-0.2, 0) is 19.1 Å². The number of amides is 1. The number of unbranched alkanes of at least 4 members (excludes halogenated alkanes) is 2. The van der Waals surface area contributed by atoms with Crippen molar-refractivity contribution < 1.29 is 24.2 Å². The lowest BCUT2D eigenvalue weighted by Gasteiger charge is -2.47. The lowest BCUT2D eigenvalue weighted by molar-refractivity contribution is -0.164. The van der Waals surface area contributed by atoms with E-state index in [4.69, 9.17) is 16.3 Å². The summed E-state index contributed by atoms with van der Waals surface area (Å²) in [6.07, 6.45) is 10.5. The summed E-state index contributed by atoms with van der Waals surface area (Å²) in [6, 6.07) is 0. The Hall–Kier alpha value is -1.50. The highest BCUT2D eigenvalue weighted by Crippen LogP contribution is 2.45. The Morgan fingerprint density at radius 1 is 1.21 bits per heavy atom. The molecule has 0 aromatic heterocycles. The number of Topliss-reactive ketones (excluding diaryl/α,β-unsaturated/α-hetero) is 2. The number of ketones is 2.